The number of amides is 12. The largest absolute Gasteiger partial charge is 0.416 e. The molecular formula is C116H96Cl4F6N6O12. The van der Waals surface area contributed by atoms with Gasteiger partial charge in [-0.15, -0.1) is 0 Å². The van der Waals surface area contributed by atoms with Gasteiger partial charge in [0.05, 0.1) is 11.1 Å². The number of imide groups is 6. The van der Waals surface area contributed by atoms with Gasteiger partial charge in [-0.1, -0.05) is 310 Å². The molecule has 0 saturated carbocycles. The fourth-order valence-corrected chi connectivity index (χ4v) is 12.5. The van der Waals surface area contributed by atoms with Crippen LogP contribution < -0.4 is 31.9 Å². The van der Waals surface area contributed by atoms with Crippen LogP contribution >= 0.6 is 46.4 Å². The van der Waals surface area contributed by atoms with Crippen molar-refractivity contribution in [1.29, 1.82) is 0 Å². The van der Waals surface area contributed by atoms with Gasteiger partial charge in [-0.2, -0.15) is 13.2 Å². The van der Waals surface area contributed by atoms with Crippen LogP contribution in [0.25, 0.3) is 69.9 Å². The smallest absolute Gasteiger partial charge is 0.288 e. The van der Waals surface area contributed by atoms with Crippen LogP contribution in [0.2, 0.25) is 20.1 Å². The van der Waals surface area contributed by atoms with Gasteiger partial charge in [-0.25, -0.2) is 13.2 Å². The zero-order valence-electron chi connectivity index (χ0n) is 78.8. The van der Waals surface area contributed by atoms with Crippen LogP contribution in [0.5, 0.6) is 0 Å². The molecule has 0 unspecified atom stereocenters. The van der Waals surface area contributed by atoms with Crippen LogP contribution in [0, 0.1) is 24.4 Å². The number of aryl methyl sites for hydroxylation is 1. The van der Waals surface area contributed by atoms with Crippen molar-refractivity contribution in [2.45, 2.75) is 54.6 Å². The van der Waals surface area contributed by atoms with Gasteiger partial charge >= 0.3 is 6.18 Å². The summed E-state index contributed by atoms with van der Waals surface area (Å²) >= 11 is 23.6. The first-order valence-corrected chi connectivity index (χ1v) is 44.8. The van der Waals surface area contributed by atoms with Gasteiger partial charge in [0.2, 0.25) is 0 Å². The standard InChI is InChI=1S/C20H16F3NO2.C20H19NO2.C19H14ClF2NO2.C19H15ClFNO2.2C19H16ClNO2/c1-13(2)18(25)24-19(26)17(15-6-4-3-5-7-15)12-14-8-10-16(11-9-14)20(21,22)23;1-14(2)19(22)21-20(23)18(17-7-5-4-6-8-17)13-16-11-9-15(3)10-12-16;1-11(2)18(24)23-19(25)16(9-12-3-5-13(20)6-4-12)15-8-7-14(21)10-17(15)22;1-12(2)18(23)22-19(24)17(14-5-9-16(21)10-6-14)11-13-3-7-15(20)8-4-13;2*1-13(2)18(22)21-19(23)17(15-8-4-3-5-9-15)12-14-7-6-10-16(20)11-14/h3-12H,1H2,2H3,(H,24,25,26);4-13H,1H2,2-3H3,(H,21,22,23);3-10H,1H2,2H3,(H,23,24,25);3-11H,1H2,2H3,(H,22,23,24);2*3-12H,1H2,2H3,(H,21,22,23)/b17-12-;18-13+;16-9+;17-11-;17-12+;17-12-. The third-order valence-corrected chi connectivity index (χ3v) is 20.5. The normalized spacial score (nSPS) is 11.1. The lowest BCUT2D eigenvalue weighted by Crippen LogP contribution is -2.31. The fourth-order valence-electron chi connectivity index (χ4n) is 11.9. The number of alkyl halides is 3. The minimum absolute atomic E-state index is 0.124. The Labute approximate surface area is 849 Å². The molecule has 0 saturated heterocycles. The molecule has 12 rings (SSSR count). The van der Waals surface area contributed by atoms with E-state index < -0.39 is 100 Å². The van der Waals surface area contributed by atoms with E-state index in [2.05, 4.69) is 71.4 Å². The molecule has 0 bridgehead atoms. The summed E-state index contributed by atoms with van der Waals surface area (Å²) in [5.74, 6) is -8.93. The SMILES string of the molecule is C=C(C)C(=O)NC(=O)/C(=C/c1ccc(C)cc1)c1ccccc1.C=C(C)C(=O)NC(=O)/C(=C/c1ccc(Cl)cc1)c1ccc(F)cc1F.C=C(C)C(=O)NC(=O)/C(=C/c1cccc(Cl)c1)c1ccccc1.C=C(C)C(=O)NC(=O)/C(=C\c1ccc(C(F)(F)F)cc1)c1ccccc1.C=C(C)C(=O)NC(=O)/C(=C\c1ccc(Cl)cc1)c1ccc(F)cc1.C=C(C)C(=O)NC(=O)/C(=C\c1cccc(Cl)c1)c1ccccc1. The quantitative estimate of drug-likeness (QED) is 0.0187. The van der Waals surface area contributed by atoms with E-state index in [1.807, 2.05) is 110 Å². The molecule has 0 aromatic heterocycles. The van der Waals surface area contributed by atoms with Crippen molar-refractivity contribution in [1.82, 2.24) is 31.9 Å². The molecule has 0 atom stereocenters. The van der Waals surface area contributed by atoms with Crippen LogP contribution in [-0.2, 0) is 63.7 Å². The van der Waals surface area contributed by atoms with Gasteiger partial charge < -0.3 is 0 Å². The molecule has 732 valence electrons. The monoisotopic (exact) mass is 2020 g/mol. The predicted molar refractivity (Wildman–Crippen MR) is 562 cm³/mol. The highest BCUT2D eigenvalue weighted by Gasteiger charge is 2.31. The van der Waals surface area contributed by atoms with Gasteiger partial charge in [0.15, 0.2) is 0 Å². The second-order valence-corrected chi connectivity index (χ2v) is 33.3. The molecule has 0 heterocycles. The molecule has 12 aromatic rings. The highest BCUT2D eigenvalue weighted by molar-refractivity contribution is 6.35. The van der Waals surface area contributed by atoms with Crippen molar-refractivity contribution in [3.8, 4) is 0 Å². The van der Waals surface area contributed by atoms with Crippen molar-refractivity contribution in [3.63, 3.8) is 0 Å². The number of nitrogens with one attached hydrogen (secondary N) is 6. The number of rotatable bonds is 24. The minimum Gasteiger partial charge on any atom is -0.288 e. The van der Waals surface area contributed by atoms with Crippen LogP contribution in [0.3, 0.4) is 0 Å². The van der Waals surface area contributed by atoms with Gasteiger partial charge in [-0.3, -0.25) is 89.4 Å². The van der Waals surface area contributed by atoms with Crippen molar-refractivity contribution < 1.29 is 83.9 Å². The third-order valence-electron chi connectivity index (χ3n) is 19.5. The van der Waals surface area contributed by atoms with Gasteiger partial charge in [0.1, 0.15) is 17.5 Å². The Morgan fingerprint density at radius 2 is 0.479 bits per heavy atom. The number of carbonyl (C=O) groups excluding carboxylic acids is 12. The number of carbonyl (C=O) groups is 12. The van der Waals surface area contributed by atoms with Crippen LogP contribution in [0.4, 0.5) is 26.3 Å². The Hall–Kier alpha value is -16.9. The van der Waals surface area contributed by atoms with Crippen molar-refractivity contribution in [2.24, 2.45) is 0 Å². The summed E-state index contributed by atoms with van der Waals surface area (Å²) in [5, 5.41) is 15.8. The highest BCUT2D eigenvalue weighted by Crippen LogP contribution is 2.32. The molecule has 28 heteroatoms. The van der Waals surface area contributed by atoms with Crippen LogP contribution in [0.15, 0.2) is 382 Å². The Morgan fingerprint density at radius 3 is 0.736 bits per heavy atom. The second-order valence-electron chi connectivity index (χ2n) is 31.6. The van der Waals surface area contributed by atoms with Crippen LogP contribution in [-0.4, -0.2) is 70.9 Å². The second kappa shape index (κ2) is 56.4. The van der Waals surface area contributed by atoms with E-state index in [0.29, 0.717) is 81.8 Å². The molecule has 12 amide bonds. The lowest BCUT2D eigenvalue weighted by Gasteiger charge is -2.10. The molecule has 0 spiro atoms. The highest BCUT2D eigenvalue weighted by atomic mass is 35.5. The summed E-state index contributed by atoms with van der Waals surface area (Å²) in [4.78, 5) is 145. The van der Waals surface area contributed by atoms with Crippen molar-refractivity contribution in [3.05, 3.63) is 498 Å². The lowest BCUT2D eigenvalue weighted by atomic mass is 10.0. The Kier molecular flexibility index (Phi) is 44.7. The molecule has 0 fully saturated rings. The summed E-state index contributed by atoms with van der Waals surface area (Å²) < 4.78 is 78.4. The molecular weight excluding hydrogens is 1930 g/mol. The van der Waals surface area contributed by atoms with E-state index in [1.165, 1.54) is 69.3 Å². The zero-order valence-corrected chi connectivity index (χ0v) is 81.9. The number of hydrogen-bond acceptors (Lipinski definition) is 12. The summed E-state index contributed by atoms with van der Waals surface area (Å²) in [7, 11) is 0. The summed E-state index contributed by atoms with van der Waals surface area (Å²) in [6.45, 7) is 32.1. The summed E-state index contributed by atoms with van der Waals surface area (Å²) in [6, 6.07) is 84.1. The first-order valence-electron chi connectivity index (χ1n) is 43.3. The maximum Gasteiger partial charge on any atom is 0.416 e. The maximum atomic E-state index is 14.1. The van der Waals surface area contributed by atoms with E-state index >= 15 is 0 Å². The third kappa shape index (κ3) is 38.4. The maximum absolute atomic E-state index is 14.1. The van der Waals surface area contributed by atoms with Gasteiger partial charge in [0, 0.05) is 93.0 Å². The van der Waals surface area contributed by atoms with Crippen molar-refractivity contribution >= 4 is 187 Å². The zero-order chi connectivity index (χ0) is 106. The average Bonchev–Trinajstić information content (AvgIpc) is 0.834. The summed E-state index contributed by atoms with van der Waals surface area (Å²) in [5.41, 5.74) is 10.3. The number of benzene rings is 12. The molecule has 0 aliphatic carbocycles. The minimum atomic E-state index is -4.43. The fraction of sp³-hybridized carbons (Fsp3) is 0.0690. The molecule has 18 nitrogen and oxygen atoms in total. The molecule has 12 aromatic carbocycles. The Balaban J connectivity index is 0.000000235. The Bertz CT molecular complexity index is 6890. The number of hydrogen-bond donors (Lipinski definition) is 6. The molecule has 0 radical (unpaired) electrons. The average molecular weight is 2020 g/mol. The van der Waals surface area contributed by atoms with E-state index in [9.17, 15) is 83.9 Å². The van der Waals surface area contributed by atoms with Crippen molar-refractivity contribution in [2.75, 3.05) is 0 Å². The first kappa shape index (κ1) is 114. The Morgan fingerprint density at radius 1 is 0.243 bits per heavy atom. The molecule has 144 heavy (non-hydrogen) atoms. The van der Waals surface area contributed by atoms with Gasteiger partial charge in [0.25, 0.3) is 70.9 Å². The summed E-state index contributed by atoms with van der Waals surface area (Å²) in [6.07, 6.45) is 5.14. The molecule has 6 N–H and O–H groups in total. The topological polar surface area (TPSA) is 277 Å². The lowest BCUT2D eigenvalue weighted by molar-refractivity contribution is -0.138. The molecule has 0 aliphatic heterocycles. The van der Waals surface area contributed by atoms with Gasteiger partial charge in [-0.05, 0) is 231 Å². The number of halogens is 10. The van der Waals surface area contributed by atoms with E-state index in [4.69, 9.17) is 46.4 Å². The van der Waals surface area contributed by atoms with E-state index in [1.54, 1.807) is 185 Å². The van der Waals surface area contributed by atoms with E-state index in [0.717, 1.165) is 57.6 Å². The van der Waals surface area contributed by atoms with E-state index in [-0.39, 0.29) is 50.1 Å². The predicted octanol–water partition coefficient (Wildman–Crippen LogP) is 25.0. The van der Waals surface area contributed by atoms with Crippen LogP contribution in [0.1, 0.15) is 119 Å². The molecule has 0 aliphatic rings. The first-order chi connectivity index (χ1) is 68.2.